The minimum absolute atomic E-state index is 0. The van der Waals surface area contributed by atoms with E-state index in [0.717, 1.165) is 70.0 Å². The number of amides is 1. The number of nitrogens with one attached hydrogen (secondary N) is 1. The van der Waals surface area contributed by atoms with E-state index in [1.165, 1.54) is 25.1 Å². The van der Waals surface area contributed by atoms with Crippen LogP contribution in [0.3, 0.4) is 0 Å². The number of nitrogens with two attached hydrogens (primary N) is 1. The van der Waals surface area contributed by atoms with Crippen molar-refractivity contribution < 1.29 is 4.79 Å². The van der Waals surface area contributed by atoms with Gasteiger partial charge in [-0.2, -0.15) is 0 Å². The predicted molar refractivity (Wildman–Crippen MR) is 130 cm³/mol. The number of piperazine rings is 1. The monoisotopic (exact) mass is 466 g/mol. The summed E-state index contributed by atoms with van der Waals surface area (Å²) in [6.07, 6.45) is 7.63. The van der Waals surface area contributed by atoms with E-state index < -0.39 is 0 Å². The fourth-order valence-corrected chi connectivity index (χ4v) is 3.64. The minimum Gasteiger partial charge on any atom is -0.369 e. The van der Waals surface area contributed by atoms with E-state index >= 15 is 0 Å². The van der Waals surface area contributed by atoms with Crippen LogP contribution in [-0.2, 0) is 4.79 Å². The van der Waals surface area contributed by atoms with Crippen LogP contribution < -0.4 is 16.0 Å². The Morgan fingerprint density at radius 2 is 1.69 bits per heavy atom. The van der Waals surface area contributed by atoms with Gasteiger partial charge in [0.2, 0.25) is 5.91 Å². The highest BCUT2D eigenvalue weighted by molar-refractivity contribution is 5.91. The molecule has 5 nitrogen and oxygen atoms in total. The normalized spacial score (nSPS) is 16.2. The molecule has 1 heterocycles. The number of hydrogen-bond acceptors (Lipinski definition) is 4. The molecule has 0 unspecified atom stereocenters. The topological polar surface area (TPSA) is 61.6 Å². The van der Waals surface area contributed by atoms with Gasteiger partial charge in [0, 0.05) is 50.5 Å². The van der Waals surface area contributed by atoms with Crippen LogP contribution in [0.4, 0.5) is 11.4 Å². The third-order valence-electron chi connectivity index (χ3n) is 5.44. The van der Waals surface area contributed by atoms with E-state index in [-0.39, 0.29) is 43.1 Å². The summed E-state index contributed by atoms with van der Waals surface area (Å²) < 4.78 is 0. The van der Waals surface area contributed by atoms with Crippen molar-refractivity contribution in [2.75, 3.05) is 49.5 Å². The molecule has 1 saturated carbocycles. The SMILES string of the molecule is Cl.Cl.Cl.NCCCCCCC(=O)Nc1cccc(N2CCN(CC3CC3)CC2)c1. The highest BCUT2D eigenvalue weighted by atomic mass is 35.5. The molecule has 0 aromatic heterocycles. The van der Waals surface area contributed by atoms with E-state index in [1.54, 1.807) is 0 Å². The van der Waals surface area contributed by atoms with Crippen LogP contribution in [-0.4, -0.2) is 50.1 Å². The molecule has 1 aromatic rings. The number of anilines is 2. The van der Waals surface area contributed by atoms with Gasteiger partial charge >= 0.3 is 0 Å². The number of halogens is 3. The summed E-state index contributed by atoms with van der Waals surface area (Å²) in [7, 11) is 0. The maximum Gasteiger partial charge on any atom is 0.224 e. The van der Waals surface area contributed by atoms with E-state index in [1.807, 2.05) is 12.1 Å². The molecular weight excluding hydrogens is 431 g/mol. The molecule has 1 saturated heterocycles. The predicted octanol–water partition coefficient (Wildman–Crippen LogP) is 4.33. The summed E-state index contributed by atoms with van der Waals surface area (Å²) in [5, 5.41) is 3.05. The van der Waals surface area contributed by atoms with Crippen LogP contribution in [0.1, 0.15) is 44.9 Å². The highest BCUT2D eigenvalue weighted by Crippen LogP contribution is 2.30. The molecule has 0 spiro atoms. The Kier molecular flexibility index (Phi) is 14.8. The molecule has 0 bridgehead atoms. The molecule has 0 atom stereocenters. The Labute approximate surface area is 194 Å². The van der Waals surface area contributed by atoms with E-state index in [0.29, 0.717) is 6.42 Å². The summed E-state index contributed by atoms with van der Waals surface area (Å²) in [5.74, 6) is 1.08. The number of carbonyl (C=O) groups is 1. The Morgan fingerprint density at radius 3 is 2.34 bits per heavy atom. The second-order valence-corrected chi connectivity index (χ2v) is 7.78. The van der Waals surface area contributed by atoms with Gasteiger partial charge in [-0.05, 0) is 56.3 Å². The summed E-state index contributed by atoms with van der Waals surface area (Å²) in [5.41, 5.74) is 7.63. The fraction of sp³-hybridized carbons (Fsp3) is 0.667. The first-order valence-electron chi connectivity index (χ1n) is 10.3. The zero-order chi connectivity index (χ0) is 18.2. The van der Waals surface area contributed by atoms with Crippen LogP contribution in [0.15, 0.2) is 24.3 Å². The standard InChI is InChI=1S/C21H34N4O.3ClH/c22-11-4-2-1-3-8-21(26)23-19-6-5-7-20(16-19)25-14-12-24(13-15-25)17-18-9-10-18;;;/h5-7,16,18H,1-4,8-15,17,22H2,(H,23,26);3*1H. The maximum absolute atomic E-state index is 12.1. The average Bonchev–Trinajstić information content (AvgIpc) is 3.46. The van der Waals surface area contributed by atoms with Gasteiger partial charge in [-0.1, -0.05) is 18.9 Å². The molecule has 1 aliphatic heterocycles. The first-order valence-corrected chi connectivity index (χ1v) is 10.3. The molecule has 2 fully saturated rings. The molecule has 1 aromatic carbocycles. The van der Waals surface area contributed by atoms with Gasteiger partial charge < -0.3 is 16.0 Å². The van der Waals surface area contributed by atoms with Gasteiger partial charge in [0.1, 0.15) is 0 Å². The number of benzene rings is 1. The second kappa shape index (κ2) is 15.1. The van der Waals surface area contributed by atoms with Crippen molar-refractivity contribution in [3.63, 3.8) is 0 Å². The second-order valence-electron chi connectivity index (χ2n) is 7.78. The van der Waals surface area contributed by atoms with Crippen LogP contribution in [0.2, 0.25) is 0 Å². The summed E-state index contributed by atoms with van der Waals surface area (Å²) in [6, 6.07) is 8.30. The molecular formula is C21H37Cl3N4O. The summed E-state index contributed by atoms with van der Waals surface area (Å²) in [4.78, 5) is 17.2. The van der Waals surface area contributed by atoms with Crippen molar-refractivity contribution in [1.82, 2.24) is 4.90 Å². The quantitative estimate of drug-likeness (QED) is 0.503. The Hall–Kier alpha value is -0.720. The van der Waals surface area contributed by atoms with Crippen molar-refractivity contribution in [3.05, 3.63) is 24.3 Å². The average molecular weight is 468 g/mol. The molecule has 2 aliphatic rings. The Balaban J connectivity index is 0.00000261. The largest absolute Gasteiger partial charge is 0.369 e. The van der Waals surface area contributed by atoms with Crippen LogP contribution in [0.25, 0.3) is 0 Å². The number of nitrogens with zero attached hydrogens (tertiary/aromatic N) is 2. The lowest BCUT2D eigenvalue weighted by Gasteiger charge is -2.36. The lowest BCUT2D eigenvalue weighted by molar-refractivity contribution is -0.116. The molecule has 1 aliphatic carbocycles. The van der Waals surface area contributed by atoms with Gasteiger partial charge in [-0.15, -0.1) is 37.2 Å². The Morgan fingerprint density at radius 1 is 1.00 bits per heavy atom. The lowest BCUT2D eigenvalue weighted by atomic mass is 10.1. The summed E-state index contributed by atoms with van der Waals surface area (Å²) in [6.45, 7) is 6.48. The zero-order valence-electron chi connectivity index (χ0n) is 17.2. The number of rotatable bonds is 10. The van der Waals surface area contributed by atoms with Crippen LogP contribution in [0, 0.1) is 5.92 Å². The number of carbonyl (C=O) groups excluding carboxylic acids is 1. The Bertz CT molecular complexity index is 579. The number of hydrogen-bond donors (Lipinski definition) is 2. The maximum atomic E-state index is 12.1. The van der Waals surface area contributed by atoms with Crippen molar-refractivity contribution in [1.29, 1.82) is 0 Å². The number of unbranched alkanes of at least 4 members (excludes halogenated alkanes) is 3. The first kappa shape index (κ1) is 28.3. The van der Waals surface area contributed by atoms with Gasteiger partial charge in [0.25, 0.3) is 0 Å². The molecule has 3 rings (SSSR count). The third kappa shape index (κ3) is 10.2. The van der Waals surface area contributed by atoms with Crippen molar-refractivity contribution >= 4 is 54.5 Å². The van der Waals surface area contributed by atoms with E-state index in [4.69, 9.17) is 5.73 Å². The van der Waals surface area contributed by atoms with Gasteiger partial charge in [0.15, 0.2) is 0 Å². The van der Waals surface area contributed by atoms with Crippen molar-refractivity contribution in [2.45, 2.75) is 44.9 Å². The molecule has 29 heavy (non-hydrogen) atoms. The molecule has 3 N–H and O–H groups in total. The van der Waals surface area contributed by atoms with E-state index in [9.17, 15) is 4.79 Å². The molecule has 168 valence electrons. The van der Waals surface area contributed by atoms with Crippen LogP contribution in [0.5, 0.6) is 0 Å². The third-order valence-corrected chi connectivity index (χ3v) is 5.44. The first-order chi connectivity index (χ1) is 12.7. The van der Waals surface area contributed by atoms with Crippen LogP contribution >= 0.6 is 37.2 Å². The molecule has 0 radical (unpaired) electrons. The molecule has 1 amide bonds. The zero-order valence-corrected chi connectivity index (χ0v) is 19.6. The fourth-order valence-electron chi connectivity index (χ4n) is 3.64. The minimum atomic E-state index is 0. The van der Waals surface area contributed by atoms with Gasteiger partial charge in [0.05, 0.1) is 0 Å². The van der Waals surface area contributed by atoms with Crippen molar-refractivity contribution in [3.8, 4) is 0 Å². The smallest absolute Gasteiger partial charge is 0.224 e. The van der Waals surface area contributed by atoms with Gasteiger partial charge in [-0.25, -0.2) is 0 Å². The highest BCUT2D eigenvalue weighted by Gasteiger charge is 2.26. The van der Waals surface area contributed by atoms with Crippen molar-refractivity contribution in [2.24, 2.45) is 11.7 Å². The molecule has 8 heteroatoms. The summed E-state index contributed by atoms with van der Waals surface area (Å²) >= 11 is 0. The van der Waals surface area contributed by atoms with Gasteiger partial charge in [-0.3, -0.25) is 9.69 Å². The van der Waals surface area contributed by atoms with E-state index in [2.05, 4.69) is 27.2 Å². The lowest BCUT2D eigenvalue weighted by Crippen LogP contribution is -2.47.